The average molecular weight is 476 g/mol. The number of carbonyl (C=O) groups is 1. The van der Waals surface area contributed by atoms with Crippen LogP contribution >= 0.6 is 0 Å². The van der Waals surface area contributed by atoms with Crippen LogP contribution in [0.5, 0.6) is 0 Å². The third-order valence-corrected chi connectivity index (χ3v) is 8.57. The molecule has 0 saturated carbocycles. The van der Waals surface area contributed by atoms with Crippen molar-refractivity contribution >= 4 is 16.1 Å². The fraction of sp³-hybridized carbons (Fsp3) is 0.591. The Balaban J connectivity index is 1.20. The minimum atomic E-state index is -3.44. The number of piperidine rings is 1. The molecule has 0 atom stereocenters. The molecule has 3 aliphatic heterocycles. The van der Waals surface area contributed by atoms with Crippen molar-refractivity contribution in [2.75, 3.05) is 52.5 Å². The second-order valence-electron chi connectivity index (χ2n) is 8.74. The molecule has 3 aliphatic rings. The standard InChI is InChI=1S/C22H29N5O5S/c28-22(26-13-15-31-16-14-26)25-11-7-18(8-12-25)21-23-20(24-32-21)17-3-5-19(6-4-17)33(29,30)27-9-1-2-10-27/h3-6,18H,1-2,7-16H2. The third kappa shape index (κ3) is 4.62. The van der Waals surface area contributed by atoms with Gasteiger partial charge in [0.1, 0.15) is 0 Å². The molecule has 3 saturated heterocycles. The minimum absolute atomic E-state index is 0.0759. The fourth-order valence-electron chi connectivity index (χ4n) is 4.64. The van der Waals surface area contributed by atoms with Gasteiger partial charge < -0.3 is 19.1 Å². The van der Waals surface area contributed by atoms with Crippen LogP contribution in [0.25, 0.3) is 11.4 Å². The lowest BCUT2D eigenvalue weighted by atomic mass is 9.97. The van der Waals surface area contributed by atoms with Crippen LogP contribution in [0.15, 0.2) is 33.7 Å². The molecule has 5 rings (SSSR count). The Morgan fingerprint density at radius 3 is 2.21 bits per heavy atom. The molecule has 11 heteroatoms. The van der Waals surface area contributed by atoms with Crippen LogP contribution in [-0.2, 0) is 14.8 Å². The molecule has 0 aliphatic carbocycles. The lowest BCUT2D eigenvalue weighted by Crippen LogP contribution is -2.50. The highest BCUT2D eigenvalue weighted by Crippen LogP contribution is 2.30. The molecule has 0 radical (unpaired) electrons. The number of rotatable bonds is 4. The Labute approximate surface area is 193 Å². The van der Waals surface area contributed by atoms with E-state index in [-0.39, 0.29) is 16.8 Å². The van der Waals surface area contributed by atoms with Gasteiger partial charge in [0.25, 0.3) is 0 Å². The van der Waals surface area contributed by atoms with Crippen LogP contribution in [0.1, 0.15) is 37.5 Å². The van der Waals surface area contributed by atoms with Gasteiger partial charge in [-0.15, -0.1) is 0 Å². The molecular weight excluding hydrogens is 446 g/mol. The molecule has 0 unspecified atom stereocenters. The Morgan fingerprint density at radius 2 is 1.55 bits per heavy atom. The summed E-state index contributed by atoms with van der Waals surface area (Å²) >= 11 is 0. The van der Waals surface area contributed by atoms with E-state index < -0.39 is 10.0 Å². The van der Waals surface area contributed by atoms with Crippen molar-refractivity contribution in [2.45, 2.75) is 36.5 Å². The Morgan fingerprint density at radius 1 is 0.909 bits per heavy atom. The number of morpholine rings is 1. The molecule has 10 nitrogen and oxygen atoms in total. The molecule has 0 bridgehead atoms. The zero-order chi connectivity index (χ0) is 22.8. The second kappa shape index (κ2) is 9.40. The molecule has 33 heavy (non-hydrogen) atoms. The summed E-state index contributed by atoms with van der Waals surface area (Å²) in [6, 6.07) is 6.73. The molecule has 2 amide bonds. The molecule has 1 aromatic heterocycles. The van der Waals surface area contributed by atoms with Gasteiger partial charge in [0.05, 0.1) is 18.1 Å². The van der Waals surface area contributed by atoms with E-state index >= 15 is 0 Å². The van der Waals surface area contributed by atoms with E-state index in [0.717, 1.165) is 25.7 Å². The fourth-order valence-corrected chi connectivity index (χ4v) is 6.16. The molecule has 2 aromatic rings. The first-order valence-corrected chi connectivity index (χ1v) is 13.0. The number of sulfonamides is 1. The summed E-state index contributed by atoms with van der Waals surface area (Å²) in [4.78, 5) is 21.3. The Kier molecular flexibility index (Phi) is 6.35. The SMILES string of the molecule is O=C(N1CCOCC1)N1CCC(c2nc(-c3ccc(S(=O)(=O)N4CCCC4)cc3)no2)CC1. The van der Waals surface area contributed by atoms with Gasteiger partial charge in [0.15, 0.2) is 0 Å². The smallest absolute Gasteiger partial charge is 0.320 e. The van der Waals surface area contributed by atoms with Gasteiger partial charge in [0, 0.05) is 50.7 Å². The summed E-state index contributed by atoms with van der Waals surface area (Å²) in [5.74, 6) is 1.12. The minimum Gasteiger partial charge on any atom is -0.378 e. The zero-order valence-corrected chi connectivity index (χ0v) is 19.4. The number of urea groups is 1. The van der Waals surface area contributed by atoms with Gasteiger partial charge >= 0.3 is 6.03 Å². The van der Waals surface area contributed by atoms with Crippen molar-refractivity contribution in [3.8, 4) is 11.4 Å². The first-order chi connectivity index (χ1) is 16.0. The van der Waals surface area contributed by atoms with Crippen LogP contribution in [0.4, 0.5) is 4.79 Å². The van der Waals surface area contributed by atoms with E-state index in [2.05, 4.69) is 10.1 Å². The van der Waals surface area contributed by atoms with Crippen molar-refractivity contribution in [3.63, 3.8) is 0 Å². The van der Waals surface area contributed by atoms with Gasteiger partial charge in [-0.3, -0.25) is 0 Å². The number of amides is 2. The van der Waals surface area contributed by atoms with Crippen molar-refractivity contribution in [3.05, 3.63) is 30.2 Å². The van der Waals surface area contributed by atoms with Crippen molar-refractivity contribution in [1.29, 1.82) is 0 Å². The normalized spacial score (nSPS) is 21.0. The monoisotopic (exact) mass is 475 g/mol. The molecule has 0 N–H and O–H groups in total. The number of likely N-dealkylation sites (tertiary alicyclic amines) is 1. The van der Waals surface area contributed by atoms with Gasteiger partial charge in [-0.2, -0.15) is 9.29 Å². The maximum absolute atomic E-state index is 12.7. The lowest BCUT2D eigenvalue weighted by Gasteiger charge is -2.36. The Hall–Kier alpha value is -2.50. The van der Waals surface area contributed by atoms with E-state index in [9.17, 15) is 13.2 Å². The second-order valence-corrected chi connectivity index (χ2v) is 10.7. The first-order valence-electron chi connectivity index (χ1n) is 11.6. The quantitative estimate of drug-likeness (QED) is 0.666. The summed E-state index contributed by atoms with van der Waals surface area (Å²) in [6.45, 7) is 4.94. The highest BCUT2D eigenvalue weighted by atomic mass is 32.2. The molecule has 1 aromatic carbocycles. The topological polar surface area (TPSA) is 109 Å². The largest absolute Gasteiger partial charge is 0.378 e. The van der Waals surface area contributed by atoms with Crippen LogP contribution in [0.2, 0.25) is 0 Å². The number of aromatic nitrogens is 2. The van der Waals surface area contributed by atoms with Crippen molar-refractivity contribution in [1.82, 2.24) is 24.2 Å². The first kappa shape index (κ1) is 22.3. The number of hydrogen-bond donors (Lipinski definition) is 0. The number of benzene rings is 1. The summed E-state index contributed by atoms with van der Waals surface area (Å²) in [5, 5.41) is 4.11. The van der Waals surface area contributed by atoms with Crippen LogP contribution < -0.4 is 0 Å². The maximum atomic E-state index is 12.7. The van der Waals surface area contributed by atoms with E-state index in [1.165, 1.54) is 4.31 Å². The van der Waals surface area contributed by atoms with Gasteiger partial charge in [-0.25, -0.2) is 13.2 Å². The van der Waals surface area contributed by atoms with Crippen LogP contribution in [0.3, 0.4) is 0 Å². The van der Waals surface area contributed by atoms with Gasteiger partial charge in [-0.1, -0.05) is 5.16 Å². The van der Waals surface area contributed by atoms with E-state index in [0.29, 0.717) is 69.8 Å². The number of ether oxygens (including phenoxy) is 1. The molecule has 3 fully saturated rings. The van der Waals surface area contributed by atoms with Crippen molar-refractivity contribution in [2.24, 2.45) is 0 Å². The number of hydrogen-bond acceptors (Lipinski definition) is 7. The summed E-state index contributed by atoms with van der Waals surface area (Å²) < 4.78 is 37.8. The highest BCUT2D eigenvalue weighted by Gasteiger charge is 2.31. The van der Waals surface area contributed by atoms with E-state index in [4.69, 9.17) is 9.26 Å². The number of carbonyl (C=O) groups excluding carboxylic acids is 1. The third-order valence-electron chi connectivity index (χ3n) is 6.65. The van der Waals surface area contributed by atoms with Crippen LogP contribution in [-0.4, -0.2) is 91.2 Å². The molecule has 0 spiro atoms. The van der Waals surface area contributed by atoms with E-state index in [1.807, 2.05) is 9.80 Å². The lowest BCUT2D eigenvalue weighted by molar-refractivity contribution is 0.0408. The number of nitrogens with zero attached hydrogens (tertiary/aromatic N) is 5. The highest BCUT2D eigenvalue weighted by molar-refractivity contribution is 7.89. The van der Waals surface area contributed by atoms with Crippen molar-refractivity contribution < 1.29 is 22.5 Å². The predicted octanol–water partition coefficient (Wildman–Crippen LogP) is 2.15. The van der Waals surface area contributed by atoms with Gasteiger partial charge in [-0.05, 0) is 49.9 Å². The summed E-state index contributed by atoms with van der Waals surface area (Å²) in [6.07, 6.45) is 3.35. The predicted molar refractivity (Wildman–Crippen MR) is 119 cm³/mol. The Bertz CT molecular complexity index is 1070. The summed E-state index contributed by atoms with van der Waals surface area (Å²) in [7, 11) is -3.44. The molecule has 4 heterocycles. The molecule has 178 valence electrons. The van der Waals surface area contributed by atoms with Crippen LogP contribution in [0, 0.1) is 0 Å². The average Bonchev–Trinajstić information content (AvgIpc) is 3.58. The zero-order valence-electron chi connectivity index (χ0n) is 18.6. The summed E-state index contributed by atoms with van der Waals surface area (Å²) in [5.41, 5.74) is 0.713. The maximum Gasteiger partial charge on any atom is 0.320 e. The molecular formula is C22H29N5O5S. The van der Waals surface area contributed by atoms with Gasteiger partial charge in [0.2, 0.25) is 21.7 Å². The van der Waals surface area contributed by atoms with E-state index in [1.54, 1.807) is 24.3 Å².